The monoisotopic (exact) mass is 508 g/mol. The lowest BCUT2D eigenvalue weighted by molar-refractivity contribution is 0.0981. The first-order valence-corrected chi connectivity index (χ1v) is 12.2. The van der Waals surface area contributed by atoms with E-state index in [4.69, 9.17) is 23.2 Å². The fourth-order valence-electron chi connectivity index (χ4n) is 3.47. The minimum atomic E-state index is -4.14. The van der Waals surface area contributed by atoms with Gasteiger partial charge in [-0.05, 0) is 54.6 Å². The molecule has 0 aliphatic carbocycles. The zero-order valence-electron chi connectivity index (χ0n) is 17.2. The van der Waals surface area contributed by atoms with Crippen LogP contribution in [0.5, 0.6) is 0 Å². The van der Waals surface area contributed by atoms with Crippen LogP contribution >= 0.6 is 23.2 Å². The summed E-state index contributed by atoms with van der Waals surface area (Å²) in [6.45, 7) is 2.76. The van der Waals surface area contributed by atoms with E-state index in [2.05, 4.69) is 9.88 Å². The van der Waals surface area contributed by atoms with Gasteiger partial charge < -0.3 is 9.80 Å². The molecule has 11 heteroatoms. The summed E-state index contributed by atoms with van der Waals surface area (Å²) in [4.78, 5) is 20.7. The van der Waals surface area contributed by atoms with Gasteiger partial charge in [-0.25, -0.2) is 22.5 Å². The normalized spacial score (nSPS) is 14.3. The highest BCUT2D eigenvalue weighted by atomic mass is 35.5. The number of nitrogens with one attached hydrogen (secondary N) is 1. The van der Waals surface area contributed by atoms with Gasteiger partial charge in [-0.1, -0.05) is 23.2 Å². The molecular formula is C22H19Cl2FN4O3S. The highest BCUT2D eigenvalue weighted by molar-refractivity contribution is 7.90. The number of sulfonamides is 1. The van der Waals surface area contributed by atoms with E-state index in [1.807, 2.05) is 9.62 Å². The Balaban J connectivity index is 1.40. The van der Waals surface area contributed by atoms with Gasteiger partial charge in [-0.15, -0.1) is 0 Å². The average Bonchev–Trinajstić information content (AvgIpc) is 2.79. The molecular weight excluding hydrogens is 490 g/mol. The van der Waals surface area contributed by atoms with E-state index in [1.54, 1.807) is 18.2 Å². The first-order chi connectivity index (χ1) is 15.7. The van der Waals surface area contributed by atoms with E-state index in [0.717, 1.165) is 5.69 Å². The van der Waals surface area contributed by atoms with Crippen LogP contribution in [-0.2, 0) is 10.0 Å². The van der Waals surface area contributed by atoms with Gasteiger partial charge in [-0.2, -0.15) is 0 Å². The third-order valence-corrected chi connectivity index (χ3v) is 7.09. The Kier molecular flexibility index (Phi) is 6.73. The minimum absolute atomic E-state index is 0.00625. The SMILES string of the molecule is O=C(NS(=O)(=O)c1ccc(N2CCN(c3ccc(F)cc3)CC2)nc1)c1ccc(Cl)cc1Cl. The minimum Gasteiger partial charge on any atom is -0.368 e. The zero-order valence-corrected chi connectivity index (χ0v) is 19.5. The van der Waals surface area contributed by atoms with Gasteiger partial charge >= 0.3 is 0 Å². The maximum absolute atomic E-state index is 13.1. The number of piperazine rings is 1. The Morgan fingerprint density at radius 3 is 2.21 bits per heavy atom. The quantitative estimate of drug-likeness (QED) is 0.561. The standard InChI is InChI=1S/C22H19Cl2FN4O3S/c23-15-1-7-19(20(24)13-15)22(30)27-33(31,32)18-6-8-21(26-14-18)29-11-9-28(10-12-29)17-4-2-16(25)3-5-17/h1-8,13-14H,9-12H2,(H,27,30). The van der Waals surface area contributed by atoms with E-state index in [0.29, 0.717) is 37.0 Å². The van der Waals surface area contributed by atoms with Crippen LogP contribution < -0.4 is 14.5 Å². The summed E-state index contributed by atoms with van der Waals surface area (Å²) in [5.74, 6) is -0.512. The Labute approximate surface area is 200 Å². The van der Waals surface area contributed by atoms with E-state index in [9.17, 15) is 17.6 Å². The summed E-state index contributed by atoms with van der Waals surface area (Å²) in [6, 6.07) is 13.5. The van der Waals surface area contributed by atoms with Crippen molar-refractivity contribution in [3.05, 3.63) is 82.2 Å². The molecule has 1 aliphatic heterocycles. The van der Waals surface area contributed by atoms with Crippen molar-refractivity contribution >= 4 is 50.6 Å². The second kappa shape index (κ2) is 9.54. The van der Waals surface area contributed by atoms with Crippen molar-refractivity contribution in [3.8, 4) is 0 Å². The van der Waals surface area contributed by atoms with Crippen molar-refractivity contribution in [1.82, 2.24) is 9.71 Å². The van der Waals surface area contributed by atoms with E-state index >= 15 is 0 Å². The first-order valence-electron chi connectivity index (χ1n) is 9.97. The zero-order chi connectivity index (χ0) is 23.6. The van der Waals surface area contributed by atoms with E-state index in [1.165, 1.54) is 42.6 Å². The molecule has 1 saturated heterocycles. The van der Waals surface area contributed by atoms with Crippen molar-refractivity contribution in [1.29, 1.82) is 0 Å². The molecule has 33 heavy (non-hydrogen) atoms. The van der Waals surface area contributed by atoms with Crippen LogP contribution in [-0.4, -0.2) is 45.5 Å². The molecule has 1 aromatic heterocycles. The fraction of sp³-hybridized carbons (Fsp3) is 0.182. The molecule has 0 unspecified atom stereocenters. The number of carbonyl (C=O) groups is 1. The Morgan fingerprint density at radius 2 is 1.61 bits per heavy atom. The number of hydrogen-bond acceptors (Lipinski definition) is 6. The summed E-state index contributed by atoms with van der Waals surface area (Å²) in [5, 5.41) is 0.376. The number of halogens is 3. The number of aromatic nitrogens is 1. The third-order valence-electron chi connectivity index (χ3n) is 5.23. The van der Waals surface area contributed by atoms with E-state index in [-0.39, 0.29) is 21.3 Å². The lowest BCUT2D eigenvalue weighted by Gasteiger charge is -2.36. The Morgan fingerprint density at radius 1 is 0.939 bits per heavy atom. The van der Waals surface area contributed by atoms with Gasteiger partial charge in [0.15, 0.2) is 0 Å². The number of amides is 1. The van der Waals surface area contributed by atoms with Crippen LogP contribution in [0.1, 0.15) is 10.4 Å². The molecule has 7 nitrogen and oxygen atoms in total. The molecule has 0 saturated carbocycles. The Hall–Kier alpha value is -2.88. The van der Waals surface area contributed by atoms with Gasteiger partial charge in [-0.3, -0.25) is 4.79 Å². The van der Waals surface area contributed by atoms with Crippen molar-refractivity contribution in [2.24, 2.45) is 0 Å². The smallest absolute Gasteiger partial charge is 0.266 e. The average molecular weight is 509 g/mol. The van der Waals surface area contributed by atoms with Crippen molar-refractivity contribution in [2.45, 2.75) is 4.90 Å². The van der Waals surface area contributed by atoms with Crippen LogP contribution in [0, 0.1) is 5.82 Å². The number of anilines is 2. The second-order valence-corrected chi connectivity index (χ2v) is 9.89. The summed E-state index contributed by atoms with van der Waals surface area (Å²) in [7, 11) is -4.14. The van der Waals surface area contributed by atoms with E-state index < -0.39 is 15.9 Å². The van der Waals surface area contributed by atoms with Gasteiger partial charge in [0.1, 0.15) is 16.5 Å². The lowest BCUT2D eigenvalue weighted by atomic mass is 10.2. The maximum atomic E-state index is 13.1. The summed E-state index contributed by atoms with van der Waals surface area (Å²) < 4.78 is 40.4. The van der Waals surface area contributed by atoms with Crippen LogP contribution in [0.15, 0.2) is 65.7 Å². The topological polar surface area (TPSA) is 82.6 Å². The van der Waals surface area contributed by atoms with Gasteiger partial charge in [0, 0.05) is 43.1 Å². The lowest BCUT2D eigenvalue weighted by Crippen LogP contribution is -2.46. The number of nitrogens with zero attached hydrogens (tertiary/aromatic N) is 3. The molecule has 1 aliphatic rings. The number of rotatable bonds is 5. The van der Waals surface area contributed by atoms with Crippen molar-refractivity contribution < 1.29 is 17.6 Å². The molecule has 0 radical (unpaired) electrons. The number of pyridine rings is 1. The second-order valence-electron chi connectivity index (χ2n) is 7.36. The largest absolute Gasteiger partial charge is 0.368 e. The molecule has 2 aromatic carbocycles. The summed E-state index contributed by atoms with van der Waals surface area (Å²) >= 11 is 11.8. The number of hydrogen-bond donors (Lipinski definition) is 1. The van der Waals surface area contributed by atoms with Crippen LogP contribution in [0.25, 0.3) is 0 Å². The third kappa shape index (κ3) is 5.38. The summed E-state index contributed by atoms with van der Waals surface area (Å²) in [6.07, 6.45) is 1.21. The molecule has 4 rings (SSSR count). The summed E-state index contributed by atoms with van der Waals surface area (Å²) in [5.41, 5.74) is 0.940. The molecule has 172 valence electrons. The molecule has 1 fully saturated rings. The number of benzene rings is 2. The molecule has 1 N–H and O–H groups in total. The Bertz CT molecular complexity index is 1260. The van der Waals surface area contributed by atoms with Gasteiger partial charge in [0.2, 0.25) is 0 Å². The molecule has 0 spiro atoms. The molecule has 3 aromatic rings. The van der Waals surface area contributed by atoms with Crippen LogP contribution in [0.2, 0.25) is 10.0 Å². The molecule has 0 bridgehead atoms. The maximum Gasteiger partial charge on any atom is 0.266 e. The highest BCUT2D eigenvalue weighted by Gasteiger charge is 2.23. The molecule has 1 amide bonds. The highest BCUT2D eigenvalue weighted by Crippen LogP contribution is 2.23. The van der Waals surface area contributed by atoms with Crippen molar-refractivity contribution in [3.63, 3.8) is 0 Å². The van der Waals surface area contributed by atoms with Crippen molar-refractivity contribution in [2.75, 3.05) is 36.0 Å². The van der Waals surface area contributed by atoms with Gasteiger partial charge in [0.25, 0.3) is 15.9 Å². The van der Waals surface area contributed by atoms with Gasteiger partial charge in [0.05, 0.1) is 10.6 Å². The van der Waals surface area contributed by atoms with Crippen LogP contribution in [0.3, 0.4) is 0 Å². The molecule has 0 atom stereocenters. The first kappa shape index (κ1) is 23.3. The molecule has 2 heterocycles. The predicted octanol–water partition coefficient (Wildman–Crippen LogP) is 3.97. The number of carbonyl (C=O) groups excluding carboxylic acids is 1. The van der Waals surface area contributed by atoms with Crippen LogP contribution in [0.4, 0.5) is 15.9 Å². The predicted molar refractivity (Wildman–Crippen MR) is 126 cm³/mol. The fourth-order valence-corrected chi connectivity index (χ4v) is 4.88.